The van der Waals surface area contributed by atoms with Gasteiger partial charge in [0.25, 0.3) is 0 Å². The van der Waals surface area contributed by atoms with Gasteiger partial charge in [0.1, 0.15) is 6.07 Å². The first-order valence-electron chi connectivity index (χ1n) is 10.3. The summed E-state index contributed by atoms with van der Waals surface area (Å²) in [6, 6.07) is 16.3. The molecule has 0 aliphatic carbocycles. The Balaban J connectivity index is 1.62. The summed E-state index contributed by atoms with van der Waals surface area (Å²) in [6.07, 6.45) is 0. The standard InChI is InChI=1S/C23H28N4O3S/c1-18(2)19-8-6-9-21(15-19)25(3)17-23(28)26-11-13-27(14-12-26)31(29,30)22-10-5-4-7-20(22)16-24/h4-10,15,18H,11-14,17H2,1-3H3. The van der Waals surface area contributed by atoms with Gasteiger partial charge in [-0.3, -0.25) is 4.79 Å². The van der Waals surface area contributed by atoms with Crippen LogP contribution in [0.15, 0.2) is 53.4 Å². The lowest BCUT2D eigenvalue weighted by Gasteiger charge is -2.35. The number of anilines is 1. The molecule has 2 aromatic carbocycles. The first-order valence-corrected chi connectivity index (χ1v) is 11.8. The molecule has 0 aromatic heterocycles. The van der Waals surface area contributed by atoms with E-state index in [1.54, 1.807) is 17.0 Å². The Hall–Kier alpha value is -2.89. The van der Waals surface area contributed by atoms with Crippen LogP contribution in [0.2, 0.25) is 0 Å². The Morgan fingerprint density at radius 1 is 1.10 bits per heavy atom. The highest BCUT2D eigenvalue weighted by atomic mass is 32.2. The Morgan fingerprint density at radius 2 is 1.77 bits per heavy atom. The average molecular weight is 441 g/mol. The third kappa shape index (κ3) is 5.06. The van der Waals surface area contributed by atoms with Crippen LogP contribution in [-0.2, 0) is 14.8 Å². The Morgan fingerprint density at radius 3 is 2.42 bits per heavy atom. The SMILES string of the molecule is CC(C)c1cccc(N(C)CC(=O)N2CCN(S(=O)(=O)c3ccccc3C#N)CC2)c1. The van der Waals surface area contributed by atoms with Crippen molar-refractivity contribution in [3.8, 4) is 6.07 Å². The van der Waals surface area contributed by atoms with E-state index in [1.165, 1.54) is 22.0 Å². The largest absolute Gasteiger partial charge is 0.365 e. The quantitative estimate of drug-likeness (QED) is 0.689. The van der Waals surface area contributed by atoms with Gasteiger partial charge in [-0.1, -0.05) is 38.1 Å². The minimum atomic E-state index is -3.77. The van der Waals surface area contributed by atoms with E-state index in [0.29, 0.717) is 19.0 Å². The van der Waals surface area contributed by atoms with Crippen LogP contribution >= 0.6 is 0 Å². The summed E-state index contributed by atoms with van der Waals surface area (Å²) >= 11 is 0. The van der Waals surface area contributed by atoms with Crippen molar-refractivity contribution in [3.05, 3.63) is 59.7 Å². The van der Waals surface area contributed by atoms with E-state index in [0.717, 1.165) is 5.69 Å². The number of nitriles is 1. The molecule has 1 saturated heterocycles. The lowest BCUT2D eigenvalue weighted by molar-refractivity contribution is -0.130. The number of sulfonamides is 1. The number of rotatable bonds is 6. The normalized spacial score (nSPS) is 15.0. The van der Waals surface area contributed by atoms with Crippen molar-refractivity contribution in [1.82, 2.24) is 9.21 Å². The van der Waals surface area contributed by atoms with Gasteiger partial charge in [-0.05, 0) is 35.7 Å². The van der Waals surface area contributed by atoms with Crippen molar-refractivity contribution in [2.24, 2.45) is 0 Å². The van der Waals surface area contributed by atoms with Crippen LogP contribution < -0.4 is 4.90 Å². The number of amides is 1. The second kappa shape index (κ2) is 9.50. The molecule has 3 rings (SSSR count). The van der Waals surface area contributed by atoms with Gasteiger partial charge in [0, 0.05) is 38.9 Å². The molecule has 1 amide bonds. The smallest absolute Gasteiger partial charge is 0.244 e. The van der Waals surface area contributed by atoms with Gasteiger partial charge in [-0.2, -0.15) is 9.57 Å². The number of carbonyl (C=O) groups is 1. The van der Waals surface area contributed by atoms with Crippen LogP contribution in [0.3, 0.4) is 0 Å². The summed E-state index contributed by atoms with van der Waals surface area (Å²) in [5.74, 6) is 0.372. The third-order valence-electron chi connectivity index (χ3n) is 5.57. The molecule has 164 valence electrons. The lowest BCUT2D eigenvalue weighted by Crippen LogP contribution is -2.52. The van der Waals surface area contributed by atoms with Gasteiger partial charge in [-0.25, -0.2) is 8.42 Å². The summed E-state index contributed by atoms with van der Waals surface area (Å²) in [6.45, 7) is 5.56. The van der Waals surface area contributed by atoms with Crippen molar-refractivity contribution in [3.63, 3.8) is 0 Å². The molecule has 2 aromatic rings. The van der Waals surface area contributed by atoms with Crippen molar-refractivity contribution in [2.75, 3.05) is 44.7 Å². The minimum absolute atomic E-state index is 0.0158. The van der Waals surface area contributed by atoms with Gasteiger partial charge in [-0.15, -0.1) is 0 Å². The highest BCUT2D eigenvalue weighted by molar-refractivity contribution is 7.89. The fraction of sp³-hybridized carbons (Fsp3) is 0.391. The summed E-state index contributed by atoms with van der Waals surface area (Å²) in [5, 5.41) is 9.23. The van der Waals surface area contributed by atoms with E-state index < -0.39 is 10.0 Å². The zero-order chi connectivity index (χ0) is 22.6. The molecular weight excluding hydrogens is 412 g/mol. The van der Waals surface area contributed by atoms with Crippen LogP contribution in [-0.4, -0.2) is 63.3 Å². The average Bonchev–Trinajstić information content (AvgIpc) is 2.79. The maximum atomic E-state index is 13.0. The van der Waals surface area contributed by atoms with E-state index in [1.807, 2.05) is 30.1 Å². The maximum Gasteiger partial charge on any atom is 0.244 e. The fourth-order valence-electron chi connectivity index (χ4n) is 3.62. The number of nitrogens with zero attached hydrogens (tertiary/aromatic N) is 4. The van der Waals surface area contributed by atoms with Crippen molar-refractivity contribution >= 4 is 21.6 Å². The number of carbonyl (C=O) groups excluding carboxylic acids is 1. The molecular formula is C23H28N4O3S. The van der Waals surface area contributed by atoms with Gasteiger partial charge in [0.05, 0.1) is 17.0 Å². The van der Waals surface area contributed by atoms with Crippen molar-refractivity contribution < 1.29 is 13.2 Å². The fourth-order valence-corrected chi connectivity index (χ4v) is 5.18. The Kier molecular flexibility index (Phi) is 6.98. The highest BCUT2D eigenvalue weighted by Crippen LogP contribution is 2.22. The molecule has 1 fully saturated rings. The predicted octanol–water partition coefficient (Wildman–Crippen LogP) is 2.65. The van der Waals surface area contributed by atoms with Crippen molar-refractivity contribution in [2.45, 2.75) is 24.7 Å². The van der Waals surface area contributed by atoms with E-state index in [2.05, 4.69) is 26.0 Å². The first kappa shape index (κ1) is 22.8. The third-order valence-corrected chi connectivity index (χ3v) is 7.52. The van der Waals surface area contributed by atoms with Crippen LogP contribution in [0.5, 0.6) is 0 Å². The molecule has 0 spiro atoms. The molecule has 8 heteroatoms. The van der Waals surface area contributed by atoms with Crippen LogP contribution in [0.25, 0.3) is 0 Å². The van der Waals surface area contributed by atoms with Gasteiger partial charge in [0.2, 0.25) is 15.9 Å². The van der Waals surface area contributed by atoms with Crippen LogP contribution in [0, 0.1) is 11.3 Å². The second-order valence-corrected chi connectivity index (χ2v) is 9.90. The minimum Gasteiger partial charge on any atom is -0.365 e. The van der Waals surface area contributed by atoms with Gasteiger partial charge in [0.15, 0.2) is 0 Å². The molecule has 1 aliphatic rings. The van der Waals surface area contributed by atoms with E-state index in [9.17, 15) is 18.5 Å². The number of piperazine rings is 1. The number of hydrogen-bond acceptors (Lipinski definition) is 5. The molecule has 31 heavy (non-hydrogen) atoms. The van der Waals surface area contributed by atoms with E-state index in [-0.39, 0.29) is 36.0 Å². The molecule has 0 saturated carbocycles. The summed E-state index contributed by atoms with van der Waals surface area (Å²) < 4.78 is 27.3. The zero-order valence-electron chi connectivity index (χ0n) is 18.2. The highest BCUT2D eigenvalue weighted by Gasteiger charge is 2.31. The summed E-state index contributed by atoms with van der Waals surface area (Å²) in [4.78, 5) is 16.4. The monoisotopic (exact) mass is 440 g/mol. The number of benzene rings is 2. The predicted molar refractivity (Wildman–Crippen MR) is 120 cm³/mol. The molecule has 7 nitrogen and oxygen atoms in total. The van der Waals surface area contributed by atoms with Crippen LogP contribution in [0.1, 0.15) is 30.9 Å². The summed E-state index contributed by atoms with van der Waals surface area (Å²) in [7, 11) is -1.88. The topological polar surface area (TPSA) is 84.7 Å². The molecule has 1 aliphatic heterocycles. The van der Waals surface area contributed by atoms with Crippen molar-refractivity contribution in [1.29, 1.82) is 5.26 Å². The Bertz CT molecular complexity index is 1080. The molecule has 0 atom stereocenters. The van der Waals surface area contributed by atoms with E-state index in [4.69, 9.17) is 0 Å². The van der Waals surface area contributed by atoms with Gasteiger partial charge < -0.3 is 9.80 Å². The Labute approximate surface area is 184 Å². The van der Waals surface area contributed by atoms with Crippen LogP contribution in [0.4, 0.5) is 5.69 Å². The zero-order valence-corrected chi connectivity index (χ0v) is 19.0. The molecule has 0 bridgehead atoms. The molecule has 0 N–H and O–H groups in total. The number of hydrogen-bond donors (Lipinski definition) is 0. The number of likely N-dealkylation sites (N-methyl/N-ethyl adjacent to an activating group) is 1. The van der Waals surface area contributed by atoms with Gasteiger partial charge >= 0.3 is 0 Å². The molecule has 0 radical (unpaired) electrons. The summed E-state index contributed by atoms with van der Waals surface area (Å²) in [5.41, 5.74) is 2.33. The maximum absolute atomic E-state index is 13.0. The second-order valence-electron chi connectivity index (χ2n) is 8.00. The van der Waals surface area contributed by atoms with E-state index >= 15 is 0 Å². The molecule has 1 heterocycles. The lowest BCUT2D eigenvalue weighted by atomic mass is 10.0. The first-order chi connectivity index (χ1) is 14.7. The molecule has 0 unspecified atom stereocenters.